The second-order valence-electron chi connectivity index (χ2n) is 7.56. The normalized spacial score (nSPS) is 11.0. The fraction of sp³-hybridized carbons (Fsp3) is 0.0714. The van der Waals surface area contributed by atoms with E-state index < -0.39 is 0 Å². The predicted molar refractivity (Wildman–Crippen MR) is 125 cm³/mol. The number of hydrogen-bond acceptors (Lipinski definition) is 2. The van der Waals surface area contributed by atoms with Crippen molar-refractivity contribution in [1.29, 1.82) is 0 Å². The van der Waals surface area contributed by atoms with Crippen LogP contribution >= 0.6 is 0 Å². The summed E-state index contributed by atoms with van der Waals surface area (Å²) in [6.07, 6.45) is 0. The minimum atomic E-state index is 0.915. The zero-order valence-corrected chi connectivity index (χ0v) is 17.1. The third kappa shape index (κ3) is 3.17. The van der Waals surface area contributed by atoms with E-state index in [-0.39, 0.29) is 0 Å². The van der Waals surface area contributed by atoms with E-state index in [1.807, 2.05) is 6.07 Å². The lowest BCUT2D eigenvalue weighted by atomic mass is 9.97. The van der Waals surface area contributed by atoms with Crippen molar-refractivity contribution in [1.82, 2.24) is 9.97 Å². The number of rotatable bonds is 3. The maximum atomic E-state index is 5.22. The molecule has 0 atom stereocenters. The standard InChI is InChI=1S/C28H22N2/c1-19-11-6-8-16-23(19)28-27(22-13-4-3-5-14-22)30-26(20(2)29-28)25-18-10-15-21-12-7-9-17-24(21)25/h3-18H,1-2H3. The molecule has 5 rings (SSSR count). The van der Waals surface area contributed by atoms with E-state index in [1.165, 1.54) is 16.3 Å². The topological polar surface area (TPSA) is 25.8 Å². The molecule has 4 aromatic carbocycles. The average Bonchev–Trinajstić information content (AvgIpc) is 2.79. The van der Waals surface area contributed by atoms with Crippen LogP contribution in [0.15, 0.2) is 97.1 Å². The highest BCUT2D eigenvalue weighted by Crippen LogP contribution is 2.36. The molecule has 0 N–H and O–H groups in total. The lowest BCUT2D eigenvalue weighted by molar-refractivity contribution is 1.13. The number of aromatic nitrogens is 2. The van der Waals surface area contributed by atoms with Crippen molar-refractivity contribution in [2.75, 3.05) is 0 Å². The number of aryl methyl sites for hydroxylation is 2. The van der Waals surface area contributed by atoms with E-state index in [0.717, 1.165) is 39.5 Å². The van der Waals surface area contributed by atoms with Crippen LogP contribution in [0.2, 0.25) is 0 Å². The summed E-state index contributed by atoms with van der Waals surface area (Å²) in [7, 11) is 0. The van der Waals surface area contributed by atoms with Crippen LogP contribution < -0.4 is 0 Å². The number of benzene rings is 4. The van der Waals surface area contributed by atoms with Crippen LogP contribution in [-0.2, 0) is 0 Å². The molecule has 30 heavy (non-hydrogen) atoms. The molecule has 0 fully saturated rings. The summed E-state index contributed by atoms with van der Waals surface area (Å²) in [4.78, 5) is 10.3. The summed E-state index contributed by atoms with van der Waals surface area (Å²) >= 11 is 0. The fourth-order valence-corrected chi connectivity index (χ4v) is 4.03. The Kier molecular flexibility index (Phi) is 4.61. The first-order valence-corrected chi connectivity index (χ1v) is 10.2. The van der Waals surface area contributed by atoms with Gasteiger partial charge in [-0.1, -0.05) is 97.1 Å². The molecule has 0 radical (unpaired) electrons. The smallest absolute Gasteiger partial charge is 0.0973 e. The fourth-order valence-electron chi connectivity index (χ4n) is 4.03. The molecule has 1 aromatic heterocycles. The summed E-state index contributed by atoms with van der Waals surface area (Å²) < 4.78 is 0. The van der Waals surface area contributed by atoms with E-state index in [4.69, 9.17) is 9.97 Å². The molecule has 0 aliphatic heterocycles. The van der Waals surface area contributed by atoms with Crippen LogP contribution in [0.3, 0.4) is 0 Å². The average molecular weight is 386 g/mol. The highest BCUT2D eigenvalue weighted by molar-refractivity contribution is 5.97. The van der Waals surface area contributed by atoms with Crippen LogP contribution in [0.5, 0.6) is 0 Å². The molecule has 144 valence electrons. The lowest BCUT2D eigenvalue weighted by Gasteiger charge is -2.16. The van der Waals surface area contributed by atoms with Gasteiger partial charge in [-0.2, -0.15) is 0 Å². The van der Waals surface area contributed by atoms with Crippen molar-refractivity contribution in [3.8, 4) is 33.8 Å². The van der Waals surface area contributed by atoms with Crippen molar-refractivity contribution < 1.29 is 0 Å². The van der Waals surface area contributed by atoms with Gasteiger partial charge in [0, 0.05) is 16.7 Å². The summed E-state index contributed by atoms with van der Waals surface area (Å²) in [5.41, 5.74) is 8.22. The van der Waals surface area contributed by atoms with E-state index in [1.54, 1.807) is 0 Å². The Balaban J connectivity index is 1.82. The quantitative estimate of drug-likeness (QED) is 0.326. The Labute approximate surface area is 176 Å². The molecule has 0 unspecified atom stereocenters. The maximum Gasteiger partial charge on any atom is 0.0973 e. The van der Waals surface area contributed by atoms with Gasteiger partial charge in [-0.05, 0) is 30.2 Å². The van der Waals surface area contributed by atoms with E-state index in [0.29, 0.717) is 0 Å². The van der Waals surface area contributed by atoms with Crippen LogP contribution in [0, 0.1) is 13.8 Å². The SMILES string of the molecule is Cc1ccccc1-c1nc(C)c(-c2cccc3ccccc23)nc1-c1ccccc1. The van der Waals surface area contributed by atoms with Crippen molar-refractivity contribution in [3.63, 3.8) is 0 Å². The van der Waals surface area contributed by atoms with Crippen LogP contribution in [0.25, 0.3) is 44.5 Å². The minimum Gasteiger partial charge on any atom is -0.249 e. The third-order valence-electron chi connectivity index (χ3n) is 5.56. The zero-order chi connectivity index (χ0) is 20.5. The molecule has 5 aromatic rings. The Morgan fingerprint density at radius 1 is 0.500 bits per heavy atom. The van der Waals surface area contributed by atoms with Gasteiger partial charge in [-0.3, -0.25) is 0 Å². The Bertz CT molecular complexity index is 1350. The number of fused-ring (bicyclic) bond motifs is 1. The number of nitrogens with zero attached hydrogens (tertiary/aromatic N) is 2. The largest absolute Gasteiger partial charge is 0.249 e. The highest BCUT2D eigenvalue weighted by atomic mass is 14.8. The summed E-state index contributed by atoms with van der Waals surface area (Å²) in [5, 5.41) is 2.40. The van der Waals surface area contributed by atoms with Gasteiger partial charge in [0.05, 0.1) is 22.8 Å². The Morgan fingerprint density at radius 3 is 2.00 bits per heavy atom. The second-order valence-corrected chi connectivity index (χ2v) is 7.56. The Hall–Kier alpha value is -3.78. The van der Waals surface area contributed by atoms with Crippen LogP contribution in [0.1, 0.15) is 11.3 Å². The van der Waals surface area contributed by atoms with Gasteiger partial charge in [-0.15, -0.1) is 0 Å². The lowest BCUT2D eigenvalue weighted by Crippen LogP contribution is -2.01. The molecular weight excluding hydrogens is 364 g/mol. The van der Waals surface area contributed by atoms with Gasteiger partial charge in [-0.25, -0.2) is 9.97 Å². The Morgan fingerprint density at radius 2 is 1.17 bits per heavy atom. The van der Waals surface area contributed by atoms with Crippen LogP contribution in [0.4, 0.5) is 0 Å². The van der Waals surface area contributed by atoms with Gasteiger partial charge >= 0.3 is 0 Å². The van der Waals surface area contributed by atoms with Crippen molar-refractivity contribution >= 4 is 10.8 Å². The molecule has 1 heterocycles. The molecule has 0 saturated heterocycles. The number of hydrogen-bond donors (Lipinski definition) is 0. The minimum absolute atomic E-state index is 0.915. The highest BCUT2D eigenvalue weighted by Gasteiger charge is 2.18. The van der Waals surface area contributed by atoms with Crippen molar-refractivity contribution in [2.24, 2.45) is 0 Å². The van der Waals surface area contributed by atoms with Gasteiger partial charge < -0.3 is 0 Å². The molecule has 0 bridgehead atoms. The molecule has 0 amide bonds. The molecule has 2 heteroatoms. The second kappa shape index (κ2) is 7.57. The first-order chi connectivity index (χ1) is 14.7. The van der Waals surface area contributed by atoms with Crippen LogP contribution in [-0.4, -0.2) is 9.97 Å². The van der Waals surface area contributed by atoms with E-state index >= 15 is 0 Å². The maximum absolute atomic E-state index is 5.22. The van der Waals surface area contributed by atoms with Crippen molar-refractivity contribution in [2.45, 2.75) is 13.8 Å². The summed E-state index contributed by atoms with van der Waals surface area (Å²) in [5.74, 6) is 0. The van der Waals surface area contributed by atoms with Gasteiger partial charge in [0.25, 0.3) is 0 Å². The molecule has 2 nitrogen and oxygen atoms in total. The predicted octanol–water partition coefficient (Wildman–Crippen LogP) is 7.25. The van der Waals surface area contributed by atoms with Crippen molar-refractivity contribution in [3.05, 3.63) is 108 Å². The summed E-state index contributed by atoms with van der Waals surface area (Å²) in [6, 6.07) is 33.5. The molecule has 0 aliphatic carbocycles. The van der Waals surface area contributed by atoms with E-state index in [2.05, 4.69) is 105 Å². The molecular formula is C28H22N2. The van der Waals surface area contributed by atoms with Gasteiger partial charge in [0.15, 0.2) is 0 Å². The molecule has 0 spiro atoms. The molecule has 0 aliphatic rings. The zero-order valence-electron chi connectivity index (χ0n) is 17.1. The van der Waals surface area contributed by atoms with Gasteiger partial charge in [0.1, 0.15) is 0 Å². The summed E-state index contributed by atoms with van der Waals surface area (Å²) in [6.45, 7) is 4.18. The first kappa shape index (κ1) is 18.3. The molecule has 0 saturated carbocycles. The monoisotopic (exact) mass is 386 g/mol. The first-order valence-electron chi connectivity index (χ1n) is 10.2. The third-order valence-corrected chi connectivity index (χ3v) is 5.56. The van der Waals surface area contributed by atoms with E-state index in [9.17, 15) is 0 Å². The van der Waals surface area contributed by atoms with Gasteiger partial charge in [0.2, 0.25) is 0 Å².